The summed E-state index contributed by atoms with van der Waals surface area (Å²) < 4.78 is 0. The van der Waals surface area contributed by atoms with E-state index >= 15 is 0 Å². The van der Waals surface area contributed by atoms with Crippen LogP contribution in [0.2, 0.25) is 0 Å². The highest BCUT2D eigenvalue weighted by Gasteiger charge is 2.41. The first-order chi connectivity index (χ1) is 8.53. The van der Waals surface area contributed by atoms with Crippen LogP contribution in [0.3, 0.4) is 0 Å². The van der Waals surface area contributed by atoms with E-state index in [0.717, 1.165) is 12.0 Å². The van der Waals surface area contributed by atoms with Crippen molar-refractivity contribution in [2.75, 3.05) is 0 Å². The summed E-state index contributed by atoms with van der Waals surface area (Å²) in [4.78, 5) is 12.2. The number of benzene rings is 1. The van der Waals surface area contributed by atoms with E-state index in [4.69, 9.17) is 0 Å². The van der Waals surface area contributed by atoms with Crippen molar-refractivity contribution < 1.29 is 9.90 Å². The minimum atomic E-state index is -0.953. The van der Waals surface area contributed by atoms with Crippen LogP contribution in [-0.2, 0) is 4.79 Å². The van der Waals surface area contributed by atoms with Crippen molar-refractivity contribution in [3.63, 3.8) is 0 Å². The van der Waals surface area contributed by atoms with Gasteiger partial charge < -0.3 is 5.11 Å². The van der Waals surface area contributed by atoms with E-state index in [9.17, 15) is 9.90 Å². The van der Waals surface area contributed by atoms with E-state index in [1.54, 1.807) is 13.0 Å². The molecule has 1 N–H and O–H groups in total. The second-order valence-electron chi connectivity index (χ2n) is 4.96. The maximum Gasteiger partial charge on any atom is 0.187 e. The number of Topliss-reactive ketones (excluding diaryl/α,β-unsaturated/α-hetero) is 1. The molecule has 0 radical (unpaired) electrons. The maximum absolute atomic E-state index is 12.2. The second kappa shape index (κ2) is 4.91. The number of hydrogen-bond donors (Lipinski definition) is 1. The molecule has 0 unspecified atom stereocenters. The summed E-state index contributed by atoms with van der Waals surface area (Å²) in [6, 6.07) is 9.61. The molecule has 1 aromatic rings. The van der Waals surface area contributed by atoms with Gasteiger partial charge in [-0.1, -0.05) is 36.9 Å². The Bertz CT molecular complexity index is 493. The molecule has 1 saturated carbocycles. The summed E-state index contributed by atoms with van der Waals surface area (Å²) in [5.41, 5.74) is 0.929. The molecule has 1 aromatic carbocycles. The second-order valence-corrected chi connectivity index (χ2v) is 4.96. The minimum Gasteiger partial charge on any atom is -0.385 e. The molecule has 2 rings (SSSR count). The first kappa shape index (κ1) is 12.8. The van der Waals surface area contributed by atoms with Gasteiger partial charge in [0.2, 0.25) is 0 Å². The van der Waals surface area contributed by atoms with Crippen LogP contribution in [0.5, 0.6) is 0 Å². The largest absolute Gasteiger partial charge is 0.385 e. The zero-order chi connectivity index (χ0) is 13.2. The summed E-state index contributed by atoms with van der Waals surface area (Å²) >= 11 is 0. The summed E-state index contributed by atoms with van der Waals surface area (Å²) in [7, 11) is 0. The van der Waals surface area contributed by atoms with Crippen LogP contribution >= 0.6 is 0 Å². The zero-order valence-corrected chi connectivity index (χ0v) is 10.6. The van der Waals surface area contributed by atoms with Crippen LogP contribution < -0.4 is 0 Å². The molecule has 94 valence electrons. The summed E-state index contributed by atoms with van der Waals surface area (Å²) in [6.07, 6.45) is 4.07. The Balaban J connectivity index is 2.39. The van der Waals surface area contributed by atoms with Crippen LogP contribution in [0, 0.1) is 0 Å². The number of hydrogen-bond acceptors (Lipinski definition) is 2. The lowest BCUT2D eigenvalue weighted by Crippen LogP contribution is -2.41. The Morgan fingerprint density at radius 1 is 1.33 bits per heavy atom. The molecule has 0 heterocycles. The van der Waals surface area contributed by atoms with Crippen LogP contribution in [-0.4, -0.2) is 16.5 Å². The molecule has 0 aliphatic heterocycles. The van der Waals surface area contributed by atoms with Gasteiger partial charge in [0, 0.05) is 5.57 Å². The fourth-order valence-corrected chi connectivity index (χ4v) is 2.14. The molecule has 0 saturated heterocycles. The Labute approximate surface area is 108 Å². The van der Waals surface area contributed by atoms with Crippen molar-refractivity contribution in [2.45, 2.75) is 31.8 Å². The van der Waals surface area contributed by atoms with E-state index in [0.29, 0.717) is 24.0 Å². The highest BCUT2D eigenvalue weighted by atomic mass is 16.3. The molecule has 18 heavy (non-hydrogen) atoms. The predicted octanol–water partition coefficient (Wildman–Crippen LogP) is 3.13. The fraction of sp³-hybridized carbons (Fsp3) is 0.312. The molecule has 2 heteroatoms. The number of aliphatic hydroxyl groups is 1. The van der Waals surface area contributed by atoms with Gasteiger partial charge in [0.15, 0.2) is 5.78 Å². The normalized spacial score (nSPS) is 18.0. The van der Waals surface area contributed by atoms with E-state index < -0.39 is 5.60 Å². The van der Waals surface area contributed by atoms with Gasteiger partial charge >= 0.3 is 0 Å². The predicted molar refractivity (Wildman–Crippen MR) is 73.0 cm³/mol. The third-order valence-corrected chi connectivity index (χ3v) is 3.42. The Kier molecular flexibility index (Phi) is 3.48. The lowest BCUT2D eigenvalue weighted by atomic mass is 9.72. The summed E-state index contributed by atoms with van der Waals surface area (Å²) in [6.45, 7) is 5.37. The van der Waals surface area contributed by atoms with Crippen LogP contribution in [0.4, 0.5) is 0 Å². The van der Waals surface area contributed by atoms with Crippen molar-refractivity contribution in [2.24, 2.45) is 0 Å². The SMILES string of the molecule is C=C(C)C(=O)/C(=C/c1ccccc1)C1(O)CCC1. The van der Waals surface area contributed by atoms with E-state index in [2.05, 4.69) is 6.58 Å². The lowest BCUT2D eigenvalue weighted by molar-refractivity contribution is -0.115. The third-order valence-electron chi connectivity index (χ3n) is 3.42. The molecule has 1 fully saturated rings. The molecule has 2 nitrogen and oxygen atoms in total. The zero-order valence-electron chi connectivity index (χ0n) is 10.6. The van der Waals surface area contributed by atoms with Gasteiger partial charge in [0.05, 0.1) is 5.60 Å². The van der Waals surface area contributed by atoms with Crippen LogP contribution in [0.25, 0.3) is 6.08 Å². The molecule has 0 aromatic heterocycles. The number of carbonyl (C=O) groups is 1. The smallest absolute Gasteiger partial charge is 0.187 e. The Morgan fingerprint density at radius 2 is 1.94 bits per heavy atom. The molecular formula is C16H18O2. The van der Waals surface area contributed by atoms with Crippen LogP contribution in [0.15, 0.2) is 48.1 Å². The quantitative estimate of drug-likeness (QED) is 0.824. The van der Waals surface area contributed by atoms with Gasteiger partial charge in [0.25, 0.3) is 0 Å². The van der Waals surface area contributed by atoms with Gasteiger partial charge in [-0.05, 0) is 43.4 Å². The van der Waals surface area contributed by atoms with Crippen molar-refractivity contribution in [1.29, 1.82) is 0 Å². The van der Waals surface area contributed by atoms with Crippen molar-refractivity contribution in [1.82, 2.24) is 0 Å². The van der Waals surface area contributed by atoms with Gasteiger partial charge in [-0.25, -0.2) is 0 Å². The molecule has 0 spiro atoms. The highest BCUT2D eigenvalue weighted by Crippen LogP contribution is 2.40. The number of carbonyl (C=O) groups excluding carboxylic acids is 1. The monoisotopic (exact) mass is 242 g/mol. The summed E-state index contributed by atoms with van der Waals surface area (Å²) in [5, 5.41) is 10.4. The van der Waals surface area contributed by atoms with Gasteiger partial charge in [-0.15, -0.1) is 0 Å². The fourth-order valence-electron chi connectivity index (χ4n) is 2.14. The first-order valence-electron chi connectivity index (χ1n) is 6.23. The molecule has 1 aliphatic rings. The van der Waals surface area contributed by atoms with Crippen molar-refractivity contribution in [3.8, 4) is 0 Å². The Hall–Kier alpha value is -1.67. The molecule has 0 bridgehead atoms. The van der Waals surface area contributed by atoms with Gasteiger partial charge in [-0.2, -0.15) is 0 Å². The Morgan fingerprint density at radius 3 is 2.39 bits per heavy atom. The number of ketones is 1. The topological polar surface area (TPSA) is 37.3 Å². The molecule has 0 amide bonds. The lowest BCUT2D eigenvalue weighted by Gasteiger charge is -2.38. The number of rotatable bonds is 4. The number of allylic oxidation sites excluding steroid dienone is 1. The first-order valence-corrected chi connectivity index (χ1v) is 6.23. The van der Waals surface area contributed by atoms with Gasteiger partial charge in [0.1, 0.15) is 0 Å². The molecule has 0 atom stereocenters. The molecule has 1 aliphatic carbocycles. The van der Waals surface area contributed by atoms with Crippen LogP contribution in [0.1, 0.15) is 31.7 Å². The molecular weight excluding hydrogens is 224 g/mol. The average Bonchev–Trinajstić information content (AvgIpc) is 2.33. The van der Waals surface area contributed by atoms with E-state index in [1.807, 2.05) is 30.3 Å². The third kappa shape index (κ3) is 2.44. The average molecular weight is 242 g/mol. The van der Waals surface area contributed by atoms with E-state index in [-0.39, 0.29) is 5.78 Å². The van der Waals surface area contributed by atoms with E-state index in [1.165, 1.54) is 0 Å². The van der Waals surface area contributed by atoms with Crippen molar-refractivity contribution in [3.05, 3.63) is 53.6 Å². The van der Waals surface area contributed by atoms with Crippen molar-refractivity contribution >= 4 is 11.9 Å². The minimum absolute atomic E-state index is 0.138. The highest BCUT2D eigenvalue weighted by molar-refractivity contribution is 6.11. The standard InChI is InChI=1S/C16H18O2/c1-12(2)15(17)14(16(18)9-6-10-16)11-13-7-4-3-5-8-13/h3-5,7-8,11,18H,1,6,9-10H2,2H3/b14-11-. The van der Waals surface area contributed by atoms with Gasteiger partial charge in [-0.3, -0.25) is 4.79 Å². The maximum atomic E-state index is 12.2. The summed E-state index contributed by atoms with van der Waals surface area (Å²) in [5.74, 6) is -0.138.